The van der Waals surface area contributed by atoms with Crippen LogP contribution in [0.15, 0.2) is 35.6 Å². The Kier molecular flexibility index (Phi) is 1.23. The van der Waals surface area contributed by atoms with E-state index in [0.29, 0.717) is 5.92 Å². The third-order valence-corrected chi connectivity index (χ3v) is 3.10. The van der Waals surface area contributed by atoms with Gasteiger partial charge in [0.2, 0.25) is 0 Å². The highest BCUT2D eigenvalue weighted by molar-refractivity contribution is 5.39. The minimum Gasteiger partial charge on any atom is -0.498 e. The molecule has 0 spiro atoms. The van der Waals surface area contributed by atoms with Crippen LogP contribution >= 0.6 is 0 Å². The van der Waals surface area contributed by atoms with Gasteiger partial charge in [0.25, 0.3) is 0 Å². The molecular formula is C11H12O. The summed E-state index contributed by atoms with van der Waals surface area (Å²) in [5.41, 5.74) is 1.48. The summed E-state index contributed by atoms with van der Waals surface area (Å²) in [6.45, 7) is 0.935. The first-order chi connectivity index (χ1) is 5.95. The zero-order valence-electron chi connectivity index (χ0n) is 6.99. The molecule has 1 aliphatic heterocycles. The molecule has 2 atom stereocenters. The van der Waals surface area contributed by atoms with Crippen LogP contribution in [0.5, 0.6) is 0 Å². The van der Waals surface area contributed by atoms with E-state index in [4.69, 9.17) is 4.74 Å². The maximum atomic E-state index is 5.56. The summed E-state index contributed by atoms with van der Waals surface area (Å²) >= 11 is 0. The number of ether oxygens (including phenoxy) is 1. The van der Waals surface area contributed by atoms with Crippen LogP contribution in [-0.4, -0.2) is 6.61 Å². The Labute approximate surface area is 72.4 Å². The third-order valence-electron chi connectivity index (χ3n) is 3.10. The van der Waals surface area contributed by atoms with E-state index < -0.39 is 0 Å². The van der Waals surface area contributed by atoms with Crippen molar-refractivity contribution in [3.8, 4) is 0 Å². The molecule has 3 rings (SSSR count). The minimum absolute atomic E-state index is 0.709. The van der Waals surface area contributed by atoms with Crippen LogP contribution in [0.1, 0.15) is 12.8 Å². The molecule has 2 aliphatic carbocycles. The first kappa shape index (κ1) is 6.53. The highest BCUT2D eigenvalue weighted by Gasteiger charge is 2.37. The molecule has 0 N–H and O–H groups in total. The van der Waals surface area contributed by atoms with E-state index in [9.17, 15) is 0 Å². The first-order valence-electron chi connectivity index (χ1n) is 4.66. The van der Waals surface area contributed by atoms with Crippen molar-refractivity contribution in [2.45, 2.75) is 12.8 Å². The number of hydrogen-bond acceptors (Lipinski definition) is 1. The second-order valence-corrected chi connectivity index (χ2v) is 3.73. The van der Waals surface area contributed by atoms with Crippen molar-refractivity contribution in [3.63, 3.8) is 0 Å². The minimum atomic E-state index is 0.709. The number of hydrogen-bond donors (Lipinski definition) is 0. The molecule has 0 aromatic heterocycles. The third kappa shape index (κ3) is 0.739. The molecular weight excluding hydrogens is 148 g/mol. The van der Waals surface area contributed by atoms with E-state index in [1.807, 2.05) is 0 Å². The van der Waals surface area contributed by atoms with Gasteiger partial charge in [-0.1, -0.05) is 18.2 Å². The van der Waals surface area contributed by atoms with E-state index >= 15 is 0 Å². The Morgan fingerprint density at radius 3 is 3.33 bits per heavy atom. The molecule has 0 radical (unpaired) electrons. The van der Waals surface area contributed by atoms with Crippen LogP contribution in [0.4, 0.5) is 0 Å². The highest BCUT2D eigenvalue weighted by Crippen LogP contribution is 2.45. The van der Waals surface area contributed by atoms with Crippen LogP contribution < -0.4 is 0 Å². The predicted octanol–water partition coefficient (Wildman–Crippen LogP) is 2.42. The smallest absolute Gasteiger partial charge is 0.100 e. The molecule has 2 unspecified atom stereocenters. The molecule has 0 aromatic rings. The number of rotatable bonds is 0. The van der Waals surface area contributed by atoms with Crippen LogP contribution in [0, 0.1) is 11.8 Å². The summed E-state index contributed by atoms with van der Waals surface area (Å²) in [5.74, 6) is 2.70. The van der Waals surface area contributed by atoms with Gasteiger partial charge in [-0.3, -0.25) is 0 Å². The molecule has 1 nitrogen and oxygen atoms in total. The van der Waals surface area contributed by atoms with Crippen molar-refractivity contribution in [2.24, 2.45) is 11.8 Å². The second kappa shape index (κ2) is 2.25. The molecule has 1 saturated heterocycles. The summed E-state index contributed by atoms with van der Waals surface area (Å²) in [7, 11) is 0. The fourth-order valence-corrected chi connectivity index (χ4v) is 2.48. The SMILES string of the molecule is C1=CCC2C(=C1)C=C1OCCC12. The van der Waals surface area contributed by atoms with Crippen molar-refractivity contribution in [1.82, 2.24) is 0 Å². The number of fused-ring (bicyclic) bond motifs is 3. The first-order valence-corrected chi connectivity index (χ1v) is 4.66. The Bertz CT molecular complexity index is 296. The molecule has 3 aliphatic rings. The van der Waals surface area contributed by atoms with E-state index in [1.54, 1.807) is 0 Å². The fourth-order valence-electron chi connectivity index (χ4n) is 2.48. The van der Waals surface area contributed by atoms with Crippen LogP contribution in [0.3, 0.4) is 0 Å². The van der Waals surface area contributed by atoms with Gasteiger partial charge in [0.15, 0.2) is 0 Å². The standard InChI is InChI=1S/C11H12O/c1-2-4-9-8(3-1)7-11-10(9)5-6-12-11/h1-3,7,9-10H,4-6H2. The maximum Gasteiger partial charge on any atom is 0.100 e. The largest absolute Gasteiger partial charge is 0.498 e. The van der Waals surface area contributed by atoms with Crippen molar-refractivity contribution in [1.29, 1.82) is 0 Å². The van der Waals surface area contributed by atoms with Gasteiger partial charge in [-0.15, -0.1) is 0 Å². The van der Waals surface area contributed by atoms with Gasteiger partial charge < -0.3 is 4.74 Å². The fraction of sp³-hybridized carbons (Fsp3) is 0.455. The average molecular weight is 160 g/mol. The zero-order valence-corrected chi connectivity index (χ0v) is 6.99. The Morgan fingerprint density at radius 1 is 1.33 bits per heavy atom. The molecule has 0 saturated carbocycles. The average Bonchev–Trinajstić information content (AvgIpc) is 2.62. The van der Waals surface area contributed by atoms with Gasteiger partial charge in [-0.05, 0) is 30.4 Å². The topological polar surface area (TPSA) is 9.23 Å². The Balaban J connectivity index is 2.02. The molecule has 1 heterocycles. The molecule has 12 heavy (non-hydrogen) atoms. The van der Waals surface area contributed by atoms with Crippen molar-refractivity contribution in [2.75, 3.05) is 6.61 Å². The Hall–Kier alpha value is -0.980. The van der Waals surface area contributed by atoms with E-state index in [1.165, 1.54) is 24.2 Å². The van der Waals surface area contributed by atoms with Crippen molar-refractivity contribution < 1.29 is 4.74 Å². The zero-order chi connectivity index (χ0) is 7.97. The van der Waals surface area contributed by atoms with Crippen LogP contribution in [0.25, 0.3) is 0 Å². The molecule has 0 bridgehead atoms. The lowest BCUT2D eigenvalue weighted by molar-refractivity contribution is 0.259. The van der Waals surface area contributed by atoms with Gasteiger partial charge in [0.05, 0.1) is 6.61 Å². The van der Waals surface area contributed by atoms with Gasteiger partial charge >= 0.3 is 0 Å². The predicted molar refractivity (Wildman–Crippen MR) is 47.5 cm³/mol. The van der Waals surface area contributed by atoms with E-state index in [2.05, 4.69) is 24.3 Å². The molecule has 1 fully saturated rings. The summed E-state index contributed by atoms with van der Waals surface area (Å²) < 4.78 is 5.56. The van der Waals surface area contributed by atoms with Crippen molar-refractivity contribution in [3.05, 3.63) is 35.6 Å². The summed E-state index contributed by atoms with van der Waals surface area (Å²) in [6, 6.07) is 0. The molecule has 62 valence electrons. The van der Waals surface area contributed by atoms with Gasteiger partial charge in [-0.25, -0.2) is 0 Å². The van der Waals surface area contributed by atoms with Gasteiger partial charge in [-0.2, -0.15) is 0 Å². The summed E-state index contributed by atoms with van der Waals surface area (Å²) in [5, 5.41) is 0. The Morgan fingerprint density at radius 2 is 2.33 bits per heavy atom. The van der Waals surface area contributed by atoms with Crippen LogP contribution in [-0.2, 0) is 4.74 Å². The maximum absolute atomic E-state index is 5.56. The molecule has 0 aromatic carbocycles. The van der Waals surface area contributed by atoms with Crippen LogP contribution in [0.2, 0.25) is 0 Å². The number of allylic oxidation sites excluding steroid dienone is 6. The second-order valence-electron chi connectivity index (χ2n) is 3.73. The summed E-state index contributed by atoms with van der Waals surface area (Å²) in [6.07, 6.45) is 11.3. The van der Waals surface area contributed by atoms with Crippen molar-refractivity contribution >= 4 is 0 Å². The van der Waals surface area contributed by atoms with Gasteiger partial charge in [0, 0.05) is 5.92 Å². The lowest BCUT2D eigenvalue weighted by Crippen LogP contribution is -2.10. The normalized spacial score (nSPS) is 36.7. The lowest BCUT2D eigenvalue weighted by Gasteiger charge is -2.17. The molecule has 0 amide bonds. The quantitative estimate of drug-likeness (QED) is 0.528. The lowest BCUT2D eigenvalue weighted by atomic mass is 9.85. The molecule has 1 heteroatoms. The van der Waals surface area contributed by atoms with Gasteiger partial charge in [0.1, 0.15) is 5.76 Å². The highest BCUT2D eigenvalue weighted by atomic mass is 16.5. The van der Waals surface area contributed by atoms with E-state index in [-0.39, 0.29) is 0 Å². The summed E-state index contributed by atoms with van der Waals surface area (Å²) in [4.78, 5) is 0. The monoisotopic (exact) mass is 160 g/mol. The van der Waals surface area contributed by atoms with E-state index in [0.717, 1.165) is 12.5 Å².